The van der Waals surface area contributed by atoms with Crippen molar-refractivity contribution in [2.24, 2.45) is 0 Å². The topological polar surface area (TPSA) is 0 Å². The molecule has 3 heteroatoms. The molecule has 0 aliphatic carbocycles. The van der Waals surface area contributed by atoms with Gasteiger partial charge in [0.2, 0.25) is 0 Å². The molecule has 0 bridgehead atoms. The van der Waals surface area contributed by atoms with E-state index < -0.39 is 0 Å². The van der Waals surface area contributed by atoms with Crippen molar-refractivity contribution in [3.63, 3.8) is 0 Å². The van der Waals surface area contributed by atoms with Crippen molar-refractivity contribution in [2.75, 3.05) is 0 Å². The lowest BCUT2D eigenvalue weighted by Crippen LogP contribution is -2.17. The second-order valence-electron chi connectivity index (χ2n) is 2.50. The van der Waals surface area contributed by atoms with Gasteiger partial charge in [-0.2, -0.15) is 0 Å². The van der Waals surface area contributed by atoms with Gasteiger partial charge in [-0.3, -0.25) is 0 Å². The average molecular weight is 217 g/mol. The van der Waals surface area contributed by atoms with Gasteiger partial charge < -0.3 is 0 Å². The summed E-state index contributed by atoms with van der Waals surface area (Å²) in [7, 11) is 0.715. The van der Waals surface area contributed by atoms with Gasteiger partial charge in [0, 0.05) is 0 Å². The molecule has 1 aromatic carbocycles. The molecule has 2 radical (unpaired) electrons. The summed E-state index contributed by atoms with van der Waals surface area (Å²) in [5.74, 6) is 0. The van der Waals surface area contributed by atoms with Crippen molar-refractivity contribution in [2.45, 2.75) is 19.9 Å². The Morgan fingerprint density at radius 2 is 2.00 bits per heavy atom. The lowest BCUT2D eigenvalue weighted by Gasteiger charge is -2.08. The Morgan fingerprint density at radius 3 is 2.50 bits per heavy atom. The van der Waals surface area contributed by atoms with Crippen LogP contribution >= 0.6 is 23.2 Å². The zero-order valence-electron chi connectivity index (χ0n) is 7.12. The lowest BCUT2D eigenvalue weighted by molar-refractivity contribution is 1.15. The van der Waals surface area contributed by atoms with E-state index in [1.165, 1.54) is 10.8 Å². The van der Waals surface area contributed by atoms with Gasteiger partial charge in [-0.25, -0.2) is 0 Å². The Balaban J connectivity index is 3.25. The predicted molar refractivity (Wildman–Crippen MR) is 57.1 cm³/mol. The van der Waals surface area contributed by atoms with Crippen LogP contribution in [0.2, 0.25) is 16.6 Å². The third kappa shape index (κ3) is 1.84. The second-order valence-corrected chi connectivity index (χ2v) is 4.28. The lowest BCUT2D eigenvalue weighted by atomic mass is 10.2. The molecule has 1 aromatic rings. The fraction of sp³-hybridized carbons (Fsp3) is 0.333. The van der Waals surface area contributed by atoms with Gasteiger partial charge in [0.05, 0.1) is 19.6 Å². The van der Waals surface area contributed by atoms with Gasteiger partial charge in [0.25, 0.3) is 0 Å². The van der Waals surface area contributed by atoms with Crippen LogP contribution in [-0.4, -0.2) is 9.52 Å². The summed E-state index contributed by atoms with van der Waals surface area (Å²) < 4.78 is 0. The van der Waals surface area contributed by atoms with Gasteiger partial charge in [-0.1, -0.05) is 42.7 Å². The van der Waals surface area contributed by atoms with E-state index in [-0.39, 0.29) is 0 Å². The SMILES string of the molecule is CCc1ccc(Cl)c(Cl)c1[Si]C. The molecule has 0 amide bonds. The molecular formula is C9H10Cl2Si. The number of hydrogen-bond donors (Lipinski definition) is 0. The van der Waals surface area contributed by atoms with Gasteiger partial charge in [0.15, 0.2) is 0 Å². The van der Waals surface area contributed by atoms with Crippen LogP contribution in [0, 0.1) is 0 Å². The van der Waals surface area contributed by atoms with Crippen molar-refractivity contribution in [3.8, 4) is 0 Å². The summed E-state index contributed by atoms with van der Waals surface area (Å²) >= 11 is 11.9. The minimum atomic E-state index is 0.665. The Hall–Kier alpha value is 0.0169. The van der Waals surface area contributed by atoms with Crippen LogP contribution in [-0.2, 0) is 6.42 Å². The summed E-state index contributed by atoms with van der Waals surface area (Å²) in [6.45, 7) is 4.25. The Morgan fingerprint density at radius 1 is 1.33 bits per heavy atom. The van der Waals surface area contributed by atoms with E-state index in [0.29, 0.717) is 14.5 Å². The molecule has 0 unspecified atom stereocenters. The van der Waals surface area contributed by atoms with Gasteiger partial charge in [0.1, 0.15) is 0 Å². The third-order valence-corrected chi connectivity index (χ3v) is 3.85. The normalized spacial score (nSPS) is 10.3. The molecule has 0 fully saturated rings. The molecule has 0 aliphatic heterocycles. The number of hydrogen-bond acceptors (Lipinski definition) is 0. The van der Waals surface area contributed by atoms with Crippen LogP contribution < -0.4 is 5.19 Å². The summed E-state index contributed by atoms with van der Waals surface area (Å²) in [6, 6.07) is 3.92. The summed E-state index contributed by atoms with van der Waals surface area (Å²) in [6.07, 6.45) is 1.02. The maximum atomic E-state index is 6.05. The van der Waals surface area contributed by atoms with E-state index in [1.807, 2.05) is 6.07 Å². The first kappa shape index (κ1) is 10.1. The largest absolute Gasteiger partial charge is 0.0829 e. The number of aryl methyl sites for hydroxylation is 1. The third-order valence-electron chi connectivity index (χ3n) is 1.81. The van der Waals surface area contributed by atoms with E-state index in [9.17, 15) is 0 Å². The van der Waals surface area contributed by atoms with Crippen molar-refractivity contribution in [1.29, 1.82) is 0 Å². The highest BCUT2D eigenvalue weighted by Gasteiger charge is 2.07. The Kier molecular flexibility index (Phi) is 3.63. The molecule has 0 saturated carbocycles. The van der Waals surface area contributed by atoms with Crippen molar-refractivity contribution in [3.05, 3.63) is 27.7 Å². The van der Waals surface area contributed by atoms with Gasteiger partial charge >= 0.3 is 0 Å². The van der Waals surface area contributed by atoms with Crippen LogP contribution in [0.3, 0.4) is 0 Å². The molecule has 0 saturated heterocycles. The molecule has 12 heavy (non-hydrogen) atoms. The van der Waals surface area contributed by atoms with E-state index >= 15 is 0 Å². The second kappa shape index (κ2) is 4.31. The Labute approximate surface area is 85.7 Å². The van der Waals surface area contributed by atoms with Crippen molar-refractivity contribution >= 4 is 37.9 Å². The summed E-state index contributed by atoms with van der Waals surface area (Å²) in [4.78, 5) is 0. The smallest absolute Gasteiger partial charge is 0.0798 e. The first-order chi connectivity index (χ1) is 5.70. The average Bonchev–Trinajstić information content (AvgIpc) is 2.09. The molecule has 0 aromatic heterocycles. The number of halogens is 2. The quantitative estimate of drug-likeness (QED) is 0.668. The van der Waals surface area contributed by atoms with Crippen molar-refractivity contribution in [1.82, 2.24) is 0 Å². The van der Waals surface area contributed by atoms with Crippen LogP contribution in [0.15, 0.2) is 12.1 Å². The van der Waals surface area contributed by atoms with Gasteiger partial charge in [-0.05, 0) is 23.2 Å². The molecule has 64 valence electrons. The monoisotopic (exact) mass is 216 g/mol. The number of rotatable bonds is 2. The fourth-order valence-corrected chi connectivity index (χ4v) is 2.80. The maximum absolute atomic E-state index is 6.05. The highest BCUT2D eigenvalue weighted by atomic mass is 35.5. The van der Waals surface area contributed by atoms with Crippen LogP contribution in [0.25, 0.3) is 0 Å². The molecule has 0 spiro atoms. The first-order valence-electron chi connectivity index (χ1n) is 3.85. The standard InChI is InChI=1S/C9H10Cl2Si/c1-3-6-4-5-7(10)8(11)9(6)12-2/h4-5H,3H2,1-2H3. The minimum absolute atomic E-state index is 0.665. The molecule has 0 atom stereocenters. The molecule has 0 nitrogen and oxygen atoms in total. The van der Waals surface area contributed by atoms with Gasteiger partial charge in [-0.15, -0.1) is 0 Å². The molecule has 0 heterocycles. The van der Waals surface area contributed by atoms with E-state index in [2.05, 4.69) is 19.5 Å². The highest BCUT2D eigenvalue weighted by Crippen LogP contribution is 2.20. The molecule has 0 aliphatic rings. The number of benzene rings is 1. The zero-order valence-corrected chi connectivity index (χ0v) is 9.63. The van der Waals surface area contributed by atoms with Crippen LogP contribution in [0.1, 0.15) is 12.5 Å². The van der Waals surface area contributed by atoms with E-state index in [1.54, 1.807) is 0 Å². The highest BCUT2D eigenvalue weighted by molar-refractivity contribution is 6.59. The zero-order chi connectivity index (χ0) is 9.14. The summed E-state index contributed by atoms with van der Waals surface area (Å²) in [5, 5.41) is 2.61. The maximum Gasteiger partial charge on any atom is 0.0798 e. The first-order valence-corrected chi connectivity index (χ1v) is 6.11. The Bertz CT molecular complexity index is 284. The summed E-state index contributed by atoms with van der Waals surface area (Å²) in [5.41, 5.74) is 1.31. The molecule has 0 N–H and O–H groups in total. The molecule has 1 rings (SSSR count). The molecular weight excluding hydrogens is 207 g/mol. The van der Waals surface area contributed by atoms with E-state index in [0.717, 1.165) is 11.4 Å². The van der Waals surface area contributed by atoms with E-state index in [4.69, 9.17) is 23.2 Å². The van der Waals surface area contributed by atoms with Crippen LogP contribution in [0.4, 0.5) is 0 Å². The van der Waals surface area contributed by atoms with Crippen molar-refractivity contribution < 1.29 is 0 Å². The predicted octanol–water partition coefficient (Wildman–Crippen LogP) is 2.93. The minimum Gasteiger partial charge on any atom is -0.0829 e. The fourth-order valence-electron chi connectivity index (χ4n) is 1.16. The van der Waals surface area contributed by atoms with Crippen LogP contribution in [0.5, 0.6) is 0 Å².